The molecule has 2 aromatic rings. The molecule has 1 fully saturated rings. The first-order chi connectivity index (χ1) is 12.0. The molecule has 1 saturated heterocycles. The second-order valence-electron chi connectivity index (χ2n) is 6.58. The van der Waals surface area contributed by atoms with E-state index in [0.717, 1.165) is 41.1 Å². The topological polar surface area (TPSA) is 57.5 Å². The van der Waals surface area contributed by atoms with Crippen LogP contribution in [0.3, 0.4) is 0 Å². The summed E-state index contributed by atoms with van der Waals surface area (Å²) in [7, 11) is 0. The SMILES string of the molecule is Cc1cc(CNC(=O)NCC2CCN(c3cccc(Br)c3)C2)c(C)o1. The van der Waals surface area contributed by atoms with Gasteiger partial charge in [0, 0.05) is 41.9 Å². The number of urea groups is 1. The summed E-state index contributed by atoms with van der Waals surface area (Å²) in [4.78, 5) is 14.4. The third kappa shape index (κ3) is 4.78. The van der Waals surface area contributed by atoms with Gasteiger partial charge in [0.1, 0.15) is 11.5 Å². The smallest absolute Gasteiger partial charge is 0.315 e. The number of anilines is 1. The third-order valence-corrected chi connectivity index (χ3v) is 5.09. The number of furan rings is 1. The number of hydrogen-bond donors (Lipinski definition) is 2. The zero-order chi connectivity index (χ0) is 17.8. The van der Waals surface area contributed by atoms with Gasteiger partial charge in [0.2, 0.25) is 0 Å². The van der Waals surface area contributed by atoms with E-state index in [4.69, 9.17) is 4.42 Å². The number of carbonyl (C=O) groups excluding carboxylic acids is 1. The zero-order valence-electron chi connectivity index (χ0n) is 14.6. The molecule has 1 aromatic carbocycles. The highest BCUT2D eigenvalue weighted by Gasteiger charge is 2.23. The number of hydrogen-bond acceptors (Lipinski definition) is 3. The Morgan fingerprint density at radius 2 is 2.16 bits per heavy atom. The van der Waals surface area contributed by atoms with E-state index in [1.54, 1.807) is 0 Å². The number of carbonyl (C=O) groups is 1. The van der Waals surface area contributed by atoms with Crippen molar-refractivity contribution in [1.82, 2.24) is 10.6 Å². The number of rotatable bonds is 5. The Bertz CT molecular complexity index is 744. The van der Waals surface area contributed by atoms with Crippen LogP contribution in [0.1, 0.15) is 23.5 Å². The molecule has 1 unspecified atom stereocenters. The standard InChI is InChI=1S/C19H24BrN3O2/c1-13-8-16(14(2)25-13)11-22-19(24)21-10-15-6-7-23(12-15)18-5-3-4-17(20)9-18/h3-5,8-9,15H,6-7,10-12H2,1-2H3,(H2,21,22,24). The maximum atomic E-state index is 12.0. The highest BCUT2D eigenvalue weighted by Crippen LogP contribution is 2.25. The van der Waals surface area contributed by atoms with Crippen molar-refractivity contribution in [3.8, 4) is 0 Å². The molecule has 0 aliphatic carbocycles. The van der Waals surface area contributed by atoms with Gasteiger partial charge in [0.15, 0.2) is 0 Å². The minimum absolute atomic E-state index is 0.126. The van der Waals surface area contributed by atoms with Crippen LogP contribution in [0.15, 0.2) is 39.2 Å². The van der Waals surface area contributed by atoms with Crippen LogP contribution in [0.25, 0.3) is 0 Å². The highest BCUT2D eigenvalue weighted by atomic mass is 79.9. The molecule has 0 radical (unpaired) electrons. The first kappa shape index (κ1) is 17.9. The second kappa shape index (κ2) is 7.95. The Balaban J connectivity index is 1.41. The Hall–Kier alpha value is -1.95. The van der Waals surface area contributed by atoms with Crippen LogP contribution in [-0.4, -0.2) is 25.7 Å². The summed E-state index contributed by atoms with van der Waals surface area (Å²) in [5.41, 5.74) is 2.25. The first-order valence-corrected chi connectivity index (χ1v) is 9.38. The number of halogens is 1. The van der Waals surface area contributed by atoms with Gasteiger partial charge in [-0.1, -0.05) is 22.0 Å². The minimum atomic E-state index is -0.126. The quantitative estimate of drug-likeness (QED) is 0.790. The molecule has 0 spiro atoms. The molecular formula is C19H24BrN3O2. The molecule has 0 saturated carbocycles. The summed E-state index contributed by atoms with van der Waals surface area (Å²) in [6.07, 6.45) is 1.09. The lowest BCUT2D eigenvalue weighted by atomic mass is 10.1. The van der Waals surface area contributed by atoms with Gasteiger partial charge in [-0.15, -0.1) is 0 Å². The van der Waals surface area contributed by atoms with Crippen molar-refractivity contribution in [3.63, 3.8) is 0 Å². The molecule has 6 heteroatoms. The predicted molar refractivity (Wildman–Crippen MR) is 103 cm³/mol. The van der Waals surface area contributed by atoms with E-state index in [-0.39, 0.29) is 6.03 Å². The zero-order valence-corrected chi connectivity index (χ0v) is 16.2. The van der Waals surface area contributed by atoms with Crippen LogP contribution in [0.4, 0.5) is 10.5 Å². The van der Waals surface area contributed by atoms with Crippen LogP contribution in [0, 0.1) is 19.8 Å². The molecule has 25 heavy (non-hydrogen) atoms. The van der Waals surface area contributed by atoms with E-state index in [1.807, 2.05) is 26.0 Å². The lowest BCUT2D eigenvalue weighted by Gasteiger charge is -2.19. The predicted octanol–water partition coefficient (Wildman–Crippen LogP) is 3.98. The van der Waals surface area contributed by atoms with Crippen LogP contribution in [0.2, 0.25) is 0 Å². The summed E-state index contributed by atoms with van der Waals surface area (Å²) in [5.74, 6) is 2.20. The van der Waals surface area contributed by atoms with E-state index in [2.05, 4.69) is 49.7 Å². The first-order valence-electron chi connectivity index (χ1n) is 8.59. The van der Waals surface area contributed by atoms with E-state index < -0.39 is 0 Å². The minimum Gasteiger partial charge on any atom is -0.466 e. The molecule has 2 heterocycles. The monoisotopic (exact) mass is 405 g/mol. The third-order valence-electron chi connectivity index (χ3n) is 4.59. The Labute approximate surface area is 156 Å². The van der Waals surface area contributed by atoms with E-state index in [1.165, 1.54) is 5.69 Å². The molecular weight excluding hydrogens is 382 g/mol. The normalized spacial score (nSPS) is 16.9. The lowest BCUT2D eigenvalue weighted by molar-refractivity contribution is 0.239. The maximum Gasteiger partial charge on any atom is 0.315 e. The molecule has 1 atom stereocenters. The van der Waals surface area contributed by atoms with Gasteiger partial charge in [0.25, 0.3) is 0 Å². The van der Waals surface area contributed by atoms with Crippen LogP contribution in [0.5, 0.6) is 0 Å². The summed E-state index contributed by atoms with van der Waals surface area (Å²) in [6, 6.07) is 10.2. The highest BCUT2D eigenvalue weighted by molar-refractivity contribution is 9.10. The van der Waals surface area contributed by atoms with Gasteiger partial charge in [-0.2, -0.15) is 0 Å². The number of nitrogens with one attached hydrogen (secondary N) is 2. The molecule has 0 bridgehead atoms. The van der Waals surface area contributed by atoms with Crippen molar-refractivity contribution < 1.29 is 9.21 Å². The summed E-state index contributed by atoms with van der Waals surface area (Å²) in [6.45, 7) is 7.00. The van der Waals surface area contributed by atoms with Crippen LogP contribution in [-0.2, 0) is 6.54 Å². The largest absolute Gasteiger partial charge is 0.466 e. The fourth-order valence-corrected chi connectivity index (χ4v) is 3.63. The average molecular weight is 406 g/mol. The second-order valence-corrected chi connectivity index (χ2v) is 7.50. The molecule has 2 N–H and O–H groups in total. The molecule has 5 nitrogen and oxygen atoms in total. The number of nitrogens with zero attached hydrogens (tertiary/aromatic N) is 1. The van der Waals surface area contributed by atoms with Gasteiger partial charge < -0.3 is 20.0 Å². The fourth-order valence-electron chi connectivity index (χ4n) is 3.24. The van der Waals surface area contributed by atoms with Gasteiger partial charge in [0.05, 0.1) is 0 Å². The fraction of sp³-hybridized carbons (Fsp3) is 0.421. The number of aryl methyl sites for hydroxylation is 2. The van der Waals surface area contributed by atoms with Gasteiger partial charge in [-0.05, 0) is 50.5 Å². The van der Waals surface area contributed by atoms with Gasteiger partial charge in [-0.3, -0.25) is 0 Å². The molecule has 1 aliphatic rings. The Kier molecular flexibility index (Phi) is 5.68. The molecule has 1 aromatic heterocycles. The summed E-state index contributed by atoms with van der Waals surface area (Å²) < 4.78 is 6.56. The van der Waals surface area contributed by atoms with Gasteiger partial charge in [-0.25, -0.2) is 4.79 Å². The lowest BCUT2D eigenvalue weighted by Crippen LogP contribution is -2.38. The molecule has 3 rings (SSSR count). The van der Waals surface area contributed by atoms with Crippen molar-refractivity contribution in [3.05, 3.63) is 51.9 Å². The Morgan fingerprint density at radius 3 is 2.88 bits per heavy atom. The molecule has 1 aliphatic heterocycles. The number of benzene rings is 1. The van der Waals surface area contributed by atoms with Crippen LogP contribution < -0.4 is 15.5 Å². The van der Waals surface area contributed by atoms with Crippen molar-refractivity contribution >= 4 is 27.6 Å². The van der Waals surface area contributed by atoms with Crippen molar-refractivity contribution in [1.29, 1.82) is 0 Å². The van der Waals surface area contributed by atoms with Crippen molar-refractivity contribution in [2.75, 3.05) is 24.5 Å². The van der Waals surface area contributed by atoms with Crippen LogP contribution >= 0.6 is 15.9 Å². The Morgan fingerprint density at radius 1 is 1.32 bits per heavy atom. The summed E-state index contributed by atoms with van der Waals surface area (Å²) in [5, 5.41) is 5.89. The molecule has 2 amide bonds. The van der Waals surface area contributed by atoms with E-state index in [9.17, 15) is 4.79 Å². The van der Waals surface area contributed by atoms with Crippen molar-refractivity contribution in [2.24, 2.45) is 5.92 Å². The number of amides is 2. The van der Waals surface area contributed by atoms with E-state index in [0.29, 0.717) is 19.0 Å². The van der Waals surface area contributed by atoms with E-state index >= 15 is 0 Å². The summed E-state index contributed by atoms with van der Waals surface area (Å²) >= 11 is 3.52. The van der Waals surface area contributed by atoms with Gasteiger partial charge >= 0.3 is 6.03 Å². The maximum absolute atomic E-state index is 12.0. The average Bonchev–Trinajstić information content (AvgIpc) is 3.17. The van der Waals surface area contributed by atoms with Crippen molar-refractivity contribution in [2.45, 2.75) is 26.8 Å². The molecule has 134 valence electrons.